The van der Waals surface area contributed by atoms with Crippen molar-refractivity contribution in [2.24, 2.45) is 23.5 Å². The van der Waals surface area contributed by atoms with Gasteiger partial charge in [-0.05, 0) is 60.8 Å². The minimum absolute atomic E-state index is 0.205. The van der Waals surface area contributed by atoms with Crippen LogP contribution in [0.4, 0.5) is 0 Å². The molecular weight excluding hydrogens is 342 g/mol. The van der Waals surface area contributed by atoms with Gasteiger partial charge in [-0.15, -0.1) is 0 Å². The summed E-state index contributed by atoms with van der Waals surface area (Å²) in [5.41, 5.74) is 8.98. The Bertz CT molecular complexity index is 448. The van der Waals surface area contributed by atoms with Crippen molar-refractivity contribution in [3.8, 4) is 0 Å². The van der Waals surface area contributed by atoms with E-state index in [2.05, 4.69) is 50.9 Å². The second kappa shape index (κ2) is 4.36. The van der Waals surface area contributed by atoms with Gasteiger partial charge in [-0.2, -0.15) is 0 Å². The van der Waals surface area contributed by atoms with Gasteiger partial charge in [0.1, 0.15) is 0 Å². The van der Waals surface area contributed by atoms with Crippen molar-refractivity contribution >= 4 is 31.9 Å². The van der Waals surface area contributed by atoms with Crippen LogP contribution in [-0.4, -0.2) is 0 Å². The van der Waals surface area contributed by atoms with Crippen molar-refractivity contribution in [1.29, 1.82) is 0 Å². The molecule has 0 spiro atoms. The first-order chi connectivity index (χ1) is 8.09. The van der Waals surface area contributed by atoms with E-state index < -0.39 is 0 Å². The molecule has 2 fully saturated rings. The van der Waals surface area contributed by atoms with Crippen LogP contribution in [0.25, 0.3) is 0 Å². The second-order valence-electron chi connectivity index (χ2n) is 5.48. The van der Waals surface area contributed by atoms with Gasteiger partial charge in [-0.25, -0.2) is 0 Å². The Morgan fingerprint density at radius 1 is 1.18 bits per heavy atom. The molecule has 1 aromatic carbocycles. The molecule has 0 aromatic heterocycles. The molecule has 2 saturated carbocycles. The molecular formula is C14H17Br2N. The maximum Gasteiger partial charge on any atom is 0.0340 e. The van der Waals surface area contributed by atoms with Crippen LogP contribution in [-0.2, 0) is 0 Å². The lowest BCUT2D eigenvalue weighted by Crippen LogP contribution is -2.16. The third kappa shape index (κ3) is 2.00. The first kappa shape index (κ1) is 12.2. The highest BCUT2D eigenvalue weighted by Crippen LogP contribution is 2.62. The molecule has 2 aliphatic rings. The quantitative estimate of drug-likeness (QED) is 0.823. The van der Waals surface area contributed by atoms with Crippen molar-refractivity contribution in [3.63, 3.8) is 0 Å². The van der Waals surface area contributed by atoms with E-state index in [0.717, 1.165) is 26.7 Å². The molecule has 1 aromatic rings. The summed E-state index contributed by atoms with van der Waals surface area (Å²) in [5.74, 6) is 2.56. The number of halogens is 2. The number of aryl methyl sites for hydroxylation is 1. The van der Waals surface area contributed by atoms with Crippen LogP contribution in [0.3, 0.4) is 0 Å². The number of hydrogen-bond donors (Lipinski definition) is 1. The zero-order valence-electron chi connectivity index (χ0n) is 9.92. The maximum atomic E-state index is 6.46. The van der Waals surface area contributed by atoms with Gasteiger partial charge in [0.05, 0.1) is 0 Å². The van der Waals surface area contributed by atoms with Crippen LogP contribution in [0, 0.1) is 24.7 Å². The van der Waals surface area contributed by atoms with Crippen LogP contribution < -0.4 is 5.73 Å². The molecule has 3 heteroatoms. The number of rotatable bonds is 2. The third-order valence-electron chi connectivity index (χ3n) is 4.52. The highest BCUT2D eigenvalue weighted by Gasteiger charge is 2.55. The first-order valence-corrected chi connectivity index (χ1v) is 7.89. The van der Waals surface area contributed by atoms with E-state index in [1.54, 1.807) is 0 Å². The summed E-state index contributed by atoms with van der Waals surface area (Å²) >= 11 is 7.26. The number of hydrogen-bond acceptors (Lipinski definition) is 1. The summed E-state index contributed by atoms with van der Waals surface area (Å²) in [7, 11) is 0. The second-order valence-corrected chi connectivity index (χ2v) is 7.19. The summed E-state index contributed by atoms with van der Waals surface area (Å²) in [5, 5.41) is 0. The summed E-state index contributed by atoms with van der Waals surface area (Å²) in [6.45, 7) is 2.11. The standard InChI is InChI=1S/C14H17Br2N/c1-7-5-12(16)10(6-11(7)15)14(17)13-8-3-2-4-9(8)13/h5-6,8-9,13-14H,2-4,17H2,1H3. The average molecular weight is 359 g/mol. The van der Waals surface area contributed by atoms with E-state index >= 15 is 0 Å². The van der Waals surface area contributed by atoms with Gasteiger partial charge in [0, 0.05) is 15.0 Å². The van der Waals surface area contributed by atoms with Crippen LogP contribution in [0.15, 0.2) is 21.1 Å². The predicted molar refractivity (Wildman–Crippen MR) is 77.8 cm³/mol. The maximum absolute atomic E-state index is 6.46. The van der Waals surface area contributed by atoms with E-state index in [9.17, 15) is 0 Å². The Balaban J connectivity index is 1.87. The zero-order chi connectivity index (χ0) is 12.2. The molecule has 0 heterocycles. The number of benzene rings is 1. The molecule has 92 valence electrons. The highest BCUT2D eigenvalue weighted by atomic mass is 79.9. The topological polar surface area (TPSA) is 26.0 Å². The minimum Gasteiger partial charge on any atom is -0.324 e. The van der Waals surface area contributed by atoms with E-state index in [1.165, 1.54) is 30.4 Å². The van der Waals surface area contributed by atoms with Crippen molar-refractivity contribution in [2.75, 3.05) is 0 Å². The Morgan fingerprint density at radius 2 is 1.82 bits per heavy atom. The van der Waals surface area contributed by atoms with Crippen LogP contribution in [0.1, 0.15) is 36.4 Å². The molecule has 0 bridgehead atoms. The molecule has 3 unspecified atom stereocenters. The Kier molecular flexibility index (Phi) is 3.12. The number of fused-ring (bicyclic) bond motifs is 1. The largest absolute Gasteiger partial charge is 0.324 e. The smallest absolute Gasteiger partial charge is 0.0340 e. The van der Waals surface area contributed by atoms with E-state index in [4.69, 9.17) is 5.73 Å². The van der Waals surface area contributed by atoms with Gasteiger partial charge in [0.15, 0.2) is 0 Å². The molecule has 17 heavy (non-hydrogen) atoms. The monoisotopic (exact) mass is 357 g/mol. The Labute approximate surface area is 119 Å². The summed E-state index contributed by atoms with van der Waals surface area (Å²) < 4.78 is 2.33. The highest BCUT2D eigenvalue weighted by molar-refractivity contribution is 9.11. The normalized spacial score (nSPS) is 32.4. The molecule has 2 N–H and O–H groups in total. The summed E-state index contributed by atoms with van der Waals surface area (Å²) in [4.78, 5) is 0. The Morgan fingerprint density at radius 3 is 2.47 bits per heavy atom. The fourth-order valence-corrected chi connectivity index (χ4v) is 4.62. The molecule has 1 nitrogen and oxygen atoms in total. The van der Waals surface area contributed by atoms with Gasteiger partial charge in [-0.3, -0.25) is 0 Å². The van der Waals surface area contributed by atoms with Crippen LogP contribution >= 0.6 is 31.9 Å². The number of nitrogens with two attached hydrogens (primary N) is 1. The van der Waals surface area contributed by atoms with E-state index in [0.29, 0.717) is 0 Å². The molecule has 0 aliphatic heterocycles. The SMILES string of the molecule is Cc1cc(Br)c(C(N)C2C3CCCC32)cc1Br. The van der Waals surface area contributed by atoms with Gasteiger partial charge in [0.25, 0.3) is 0 Å². The van der Waals surface area contributed by atoms with Gasteiger partial charge in [0.2, 0.25) is 0 Å². The zero-order valence-corrected chi connectivity index (χ0v) is 13.1. The first-order valence-electron chi connectivity index (χ1n) is 6.30. The third-order valence-corrected chi connectivity index (χ3v) is 6.07. The van der Waals surface area contributed by atoms with Crippen molar-refractivity contribution in [1.82, 2.24) is 0 Å². The molecule has 0 saturated heterocycles. The van der Waals surface area contributed by atoms with E-state index in [-0.39, 0.29) is 6.04 Å². The van der Waals surface area contributed by atoms with Crippen molar-refractivity contribution in [2.45, 2.75) is 32.2 Å². The lowest BCUT2D eigenvalue weighted by molar-refractivity contribution is 0.500. The molecule has 0 radical (unpaired) electrons. The summed E-state index contributed by atoms with van der Waals surface area (Å²) in [6, 6.07) is 4.56. The molecule has 3 rings (SSSR count). The van der Waals surface area contributed by atoms with Gasteiger partial charge in [-0.1, -0.05) is 38.3 Å². The average Bonchev–Trinajstić information content (AvgIpc) is 2.76. The minimum atomic E-state index is 0.205. The van der Waals surface area contributed by atoms with Crippen LogP contribution in [0.5, 0.6) is 0 Å². The molecule has 2 aliphatic carbocycles. The molecule has 3 atom stereocenters. The summed E-state index contributed by atoms with van der Waals surface area (Å²) in [6.07, 6.45) is 4.21. The van der Waals surface area contributed by atoms with Gasteiger partial charge < -0.3 is 5.73 Å². The van der Waals surface area contributed by atoms with E-state index in [1.807, 2.05) is 0 Å². The fourth-order valence-electron chi connectivity index (χ4n) is 3.53. The van der Waals surface area contributed by atoms with Crippen LogP contribution in [0.2, 0.25) is 0 Å². The lowest BCUT2D eigenvalue weighted by Gasteiger charge is -2.17. The van der Waals surface area contributed by atoms with Crippen molar-refractivity contribution < 1.29 is 0 Å². The van der Waals surface area contributed by atoms with Gasteiger partial charge >= 0.3 is 0 Å². The fraction of sp³-hybridized carbons (Fsp3) is 0.571. The Hall–Kier alpha value is 0.140. The lowest BCUT2D eigenvalue weighted by atomic mass is 9.97. The van der Waals surface area contributed by atoms with Crippen molar-refractivity contribution in [3.05, 3.63) is 32.2 Å². The molecule has 0 amide bonds. The predicted octanol–water partition coefficient (Wildman–Crippen LogP) is 4.57.